The van der Waals surface area contributed by atoms with E-state index in [0.717, 1.165) is 11.3 Å². The van der Waals surface area contributed by atoms with Gasteiger partial charge in [0.15, 0.2) is 0 Å². The minimum absolute atomic E-state index is 0.0216. The first-order valence-corrected chi connectivity index (χ1v) is 8.73. The number of rotatable bonds is 2. The fraction of sp³-hybridized carbons (Fsp3) is 0.800. The van der Waals surface area contributed by atoms with Crippen molar-refractivity contribution in [2.75, 3.05) is 13.1 Å². The third-order valence-electron chi connectivity index (χ3n) is 5.07. The van der Waals surface area contributed by atoms with E-state index < -0.39 is 17.5 Å². The summed E-state index contributed by atoms with van der Waals surface area (Å²) in [5.41, 5.74) is -1.33. The number of alkyl halides is 5. The van der Waals surface area contributed by atoms with E-state index in [4.69, 9.17) is 0 Å². The number of halogens is 5. The molecule has 0 radical (unpaired) electrons. The van der Waals surface area contributed by atoms with E-state index in [0.29, 0.717) is 18.8 Å². The van der Waals surface area contributed by atoms with E-state index in [2.05, 4.69) is 10.3 Å². The van der Waals surface area contributed by atoms with Crippen LogP contribution in [0.3, 0.4) is 0 Å². The standard InChI is InChI=1S/C15H19F5N2S/c16-14(17)3-1-10(2-4-14)11-9-23-12(22-11)13(15(18,19)20)5-7-21-8-6-13/h9-10,21H,1-8H2. The van der Waals surface area contributed by atoms with Gasteiger partial charge in [0, 0.05) is 24.1 Å². The van der Waals surface area contributed by atoms with Crippen molar-refractivity contribution in [1.82, 2.24) is 10.3 Å². The summed E-state index contributed by atoms with van der Waals surface area (Å²) < 4.78 is 67.5. The Bertz CT molecular complexity index is 538. The Balaban J connectivity index is 1.83. The van der Waals surface area contributed by atoms with Gasteiger partial charge in [0.1, 0.15) is 10.4 Å². The maximum absolute atomic E-state index is 13.7. The van der Waals surface area contributed by atoms with Gasteiger partial charge in [0.05, 0.1) is 5.69 Å². The zero-order valence-electron chi connectivity index (χ0n) is 12.6. The predicted octanol–water partition coefficient (Wildman–Crippen LogP) is 4.62. The van der Waals surface area contributed by atoms with Crippen molar-refractivity contribution >= 4 is 11.3 Å². The van der Waals surface area contributed by atoms with Gasteiger partial charge >= 0.3 is 6.18 Å². The van der Waals surface area contributed by atoms with E-state index >= 15 is 0 Å². The summed E-state index contributed by atoms with van der Waals surface area (Å²) in [6.07, 6.45) is -4.23. The van der Waals surface area contributed by atoms with Crippen LogP contribution in [-0.4, -0.2) is 30.2 Å². The van der Waals surface area contributed by atoms with Gasteiger partial charge in [-0.25, -0.2) is 13.8 Å². The van der Waals surface area contributed by atoms with Crippen molar-refractivity contribution in [2.45, 2.75) is 62.0 Å². The highest BCUT2D eigenvalue weighted by Gasteiger charge is 2.57. The molecule has 1 aromatic heterocycles. The molecule has 1 aliphatic carbocycles. The molecule has 23 heavy (non-hydrogen) atoms. The van der Waals surface area contributed by atoms with Crippen LogP contribution in [0.1, 0.15) is 55.1 Å². The summed E-state index contributed by atoms with van der Waals surface area (Å²) >= 11 is 1.03. The Hall–Kier alpha value is -0.760. The first kappa shape index (κ1) is 17.1. The third kappa shape index (κ3) is 3.24. The molecule has 8 heteroatoms. The lowest BCUT2D eigenvalue weighted by atomic mass is 9.78. The maximum Gasteiger partial charge on any atom is 0.400 e. The van der Waals surface area contributed by atoms with Gasteiger partial charge in [0.2, 0.25) is 5.92 Å². The van der Waals surface area contributed by atoms with Crippen molar-refractivity contribution < 1.29 is 22.0 Å². The monoisotopic (exact) mass is 354 g/mol. The number of nitrogens with zero attached hydrogens (tertiary/aromatic N) is 1. The normalized spacial score (nSPS) is 25.4. The van der Waals surface area contributed by atoms with Crippen molar-refractivity contribution in [2.24, 2.45) is 0 Å². The second-order valence-electron chi connectivity index (χ2n) is 6.54. The molecule has 0 aromatic carbocycles. The quantitative estimate of drug-likeness (QED) is 0.784. The Labute approximate surface area is 135 Å². The van der Waals surface area contributed by atoms with E-state index in [9.17, 15) is 22.0 Å². The highest BCUT2D eigenvalue weighted by atomic mass is 32.1. The minimum Gasteiger partial charge on any atom is -0.317 e. The summed E-state index contributed by atoms with van der Waals surface area (Å²) in [6, 6.07) is 0. The van der Waals surface area contributed by atoms with Crippen molar-refractivity contribution in [3.63, 3.8) is 0 Å². The molecule has 0 spiro atoms. The maximum atomic E-state index is 13.7. The smallest absolute Gasteiger partial charge is 0.317 e. The van der Waals surface area contributed by atoms with Crippen LogP contribution < -0.4 is 5.32 Å². The highest BCUT2D eigenvalue weighted by molar-refractivity contribution is 7.09. The zero-order valence-corrected chi connectivity index (χ0v) is 13.4. The van der Waals surface area contributed by atoms with Gasteiger partial charge in [0.25, 0.3) is 0 Å². The van der Waals surface area contributed by atoms with Crippen LogP contribution in [0.5, 0.6) is 0 Å². The van der Waals surface area contributed by atoms with E-state index in [1.54, 1.807) is 5.38 Å². The molecule has 1 saturated carbocycles. The first-order valence-electron chi connectivity index (χ1n) is 7.85. The lowest BCUT2D eigenvalue weighted by molar-refractivity contribution is -0.197. The molecule has 2 heterocycles. The molecule has 2 aliphatic rings. The van der Waals surface area contributed by atoms with E-state index in [-0.39, 0.29) is 49.5 Å². The summed E-state index contributed by atoms with van der Waals surface area (Å²) in [6.45, 7) is 0.619. The molecule has 0 atom stereocenters. The third-order valence-corrected chi connectivity index (χ3v) is 6.13. The molecular weight excluding hydrogens is 335 g/mol. The molecular formula is C15H19F5N2S. The zero-order chi connectivity index (χ0) is 16.7. The average Bonchev–Trinajstić information content (AvgIpc) is 2.97. The second kappa shape index (κ2) is 5.95. The Morgan fingerprint density at radius 2 is 1.70 bits per heavy atom. The summed E-state index contributed by atoms with van der Waals surface area (Å²) in [5, 5.41) is 4.69. The molecule has 1 saturated heterocycles. The van der Waals surface area contributed by atoms with Crippen LogP contribution in [-0.2, 0) is 5.41 Å². The molecule has 1 aliphatic heterocycles. The van der Waals surface area contributed by atoms with Crippen LogP contribution in [0, 0.1) is 0 Å². The molecule has 0 unspecified atom stereocenters. The second-order valence-corrected chi connectivity index (χ2v) is 7.40. The largest absolute Gasteiger partial charge is 0.400 e. The van der Waals surface area contributed by atoms with Crippen LogP contribution in [0.25, 0.3) is 0 Å². The number of thiazole rings is 1. The number of hydrogen-bond acceptors (Lipinski definition) is 3. The number of nitrogens with one attached hydrogen (secondary N) is 1. The van der Waals surface area contributed by atoms with Crippen molar-refractivity contribution in [3.05, 3.63) is 16.1 Å². The molecule has 0 bridgehead atoms. The van der Waals surface area contributed by atoms with Crippen molar-refractivity contribution in [3.8, 4) is 0 Å². The van der Waals surface area contributed by atoms with Crippen molar-refractivity contribution in [1.29, 1.82) is 0 Å². The van der Waals surface area contributed by atoms with Crippen LogP contribution in [0.15, 0.2) is 5.38 Å². The van der Waals surface area contributed by atoms with Gasteiger partial charge in [-0.2, -0.15) is 13.2 Å². The Kier molecular flexibility index (Phi) is 4.42. The van der Waals surface area contributed by atoms with Crippen LogP contribution >= 0.6 is 11.3 Å². The molecule has 3 rings (SSSR count). The fourth-order valence-corrected chi connectivity index (χ4v) is 4.68. The van der Waals surface area contributed by atoms with Gasteiger partial charge in [-0.15, -0.1) is 11.3 Å². The summed E-state index contributed by atoms with van der Waals surface area (Å²) in [7, 11) is 0. The Morgan fingerprint density at radius 1 is 1.09 bits per heavy atom. The van der Waals surface area contributed by atoms with E-state index in [1.807, 2.05) is 0 Å². The first-order chi connectivity index (χ1) is 10.7. The average molecular weight is 354 g/mol. The molecule has 1 N–H and O–H groups in total. The van der Waals surface area contributed by atoms with Gasteiger partial charge in [-0.05, 0) is 38.8 Å². The fourth-order valence-electron chi connectivity index (χ4n) is 3.50. The molecule has 2 nitrogen and oxygen atoms in total. The minimum atomic E-state index is -4.34. The summed E-state index contributed by atoms with van der Waals surface area (Å²) in [5.74, 6) is -2.79. The molecule has 2 fully saturated rings. The number of piperidine rings is 1. The summed E-state index contributed by atoms with van der Waals surface area (Å²) in [4.78, 5) is 4.27. The lowest BCUT2D eigenvalue weighted by Gasteiger charge is -2.37. The number of hydrogen-bond donors (Lipinski definition) is 1. The number of aromatic nitrogens is 1. The molecule has 130 valence electrons. The molecule has 0 amide bonds. The lowest BCUT2D eigenvalue weighted by Crippen LogP contribution is -2.49. The van der Waals surface area contributed by atoms with Crippen LogP contribution in [0.4, 0.5) is 22.0 Å². The van der Waals surface area contributed by atoms with Crippen LogP contribution in [0.2, 0.25) is 0 Å². The topological polar surface area (TPSA) is 24.9 Å². The molecule has 1 aromatic rings. The van der Waals surface area contributed by atoms with E-state index in [1.165, 1.54) is 0 Å². The highest BCUT2D eigenvalue weighted by Crippen LogP contribution is 2.49. The van der Waals surface area contributed by atoms with Gasteiger partial charge in [-0.1, -0.05) is 0 Å². The predicted molar refractivity (Wildman–Crippen MR) is 78.1 cm³/mol. The SMILES string of the molecule is FC1(F)CCC(c2csc(C3(C(F)(F)F)CCNCC3)n2)CC1. The Morgan fingerprint density at radius 3 is 2.26 bits per heavy atom. The van der Waals surface area contributed by atoms with Gasteiger partial charge < -0.3 is 5.32 Å². The van der Waals surface area contributed by atoms with Gasteiger partial charge in [-0.3, -0.25) is 0 Å².